The van der Waals surface area contributed by atoms with Crippen molar-refractivity contribution in [1.82, 2.24) is 4.57 Å². The van der Waals surface area contributed by atoms with Crippen molar-refractivity contribution >= 4 is 48.9 Å². The van der Waals surface area contributed by atoms with Crippen molar-refractivity contribution < 1.29 is 13.2 Å². The molecule has 9 heteroatoms. The average molecular weight is 454 g/mol. The van der Waals surface area contributed by atoms with Crippen LogP contribution in [0.15, 0.2) is 76.4 Å². The van der Waals surface area contributed by atoms with Crippen LogP contribution in [0.3, 0.4) is 0 Å². The van der Waals surface area contributed by atoms with Crippen LogP contribution >= 0.6 is 11.3 Å². The van der Waals surface area contributed by atoms with E-state index in [4.69, 9.17) is 0 Å². The maximum absolute atomic E-state index is 12.9. The number of hydrogen-bond acceptors (Lipinski definition) is 5. The lowest BCUT2D eigenvalue weighted by molar-refractivity contribution is 0.102. The van der Waals surface area contributed by atoms with Gasteiger partial charge in [0, 0.05) is 24.0 Å². The molecule has 0 saturated carbocycles. The first-order valence-electron chi connectivity index (χ1n) is 9.34. The zero-order valence-corrected chi connectivity index (χ0v) is 18.4. The molecule has 0 aliphatic carbocycles. The third kappa shape index (κ3) is 4.23. The Hall–Kier alpha value is -3.43. The largest absolute Gasteiger partial charge is 0.322 e. The number of anilines is 2. The molecular formula is C22H19N3O4S2. The molecule has 0 bridgehead atoms. The molecule has 0 radical (unpaired) electrons. The molecule has 7 nitrogen and oxygen atoms in total. The SMILES string of the molecule is Cc1ccc(C(=O)Nc2ccc3c(c2)sc(=O)n3C)cc1S(=O)(=O)Nc1ccccc1. The number of hydrogen-bond donors (Lipinski definition) is 2. The molecule has 0 aliphatic rings. The molecule has 4 rings (SSSR count). The molecule has 158 valence electrons. The highest BCUT2D eigenvalue weighted by Gasteiger charge is 2.19. The summed E-state index contributed by atoms with van der Waals surface area (Å²) in [7, 11) is -2.18. The second-order valence-corrected chi connectivity index (χ2v) is 9.66. The number of benzene rings is 3. The van der Waals surface area contributed by atoms with Crippen LogP contribution in [0, 0.1) is 6.92 Å². The number of sulfonamides is 1. The molecule has 1 aromatic heterocycles. The molecule has 3 aromatic carbocycles. The minimum Gasteiger partial charge on any atom is -0.322 e. The Labute approximate surface area is 183 Å². The maximum atomic E-state index is 12.9. The van der Waals surface area contributed by atoms with Crippen LogP contribution in [0.4, 0.5) is 11.4 Å². The van der Waals surface area contributed by atoms with E-state index in [1.54, 1.807) is 79.2 Å². The quantitative estimate of drug-likeness (QED) is 0.478. The minimum atomic E-state index is -3.87. The van der Waals surface area contributed by atoms with E-state index >= 15 is 0 Å². The van der Waals surface area contributed by atoms with E-state index in [0.29, 0.717) is 16.9 Å². The van der Waals surface area contributed by atoms with E-state index in [0.717, 1.165) is 21.6 Å². The Morgan fingerprint density at radius 1 is 0.968 bits per heavy atom. The van der Waals surface area contributed by atoms with Gasteiger partial charge in [-0.15, -0.1) is 0 Å². The fourth-order valence-electron chi connectivity index (χ4n) is 3.16. The highest BCUT2D eigenvalue weighted by atomic mass is 32.2. The van der Waals surface area contributed by atoms with Gasteiger partial charge in [-0.05, 0) is 55.0 Å². The van der Waals surface area contributed by atoms with E-state index in [2.05, 4.69) is 10.0 Å². The van der Waals surface area contributed by atoms with Gasteiger partial charge in [0.25, 0.3) is 15.9 Å². The third-order valence-electron chi connectivity index (χ3n) is 4.82. The average Bonchev–Trinajstić information content (AvgIpc) is 3.01. The zero-order chi connectivity index (χ0) is 22.2. The smallest absolute Gasteiger partial charge is 0.307 e. The molecule has 31 heavy (non-hydrogen) atoms. The topological polar surface area (TPSA) is 97.3 Å². The van der Waals surface area contributed by atoms with Crippen LogP contribution in [0.5, 0.6) is 0 Å². The summed E-state index contributed by atoms with van der Waals surface area (Å²) in [5.41, 5.74) is 2.47. The van der Waals surface area contributed by atoms with Gasteiger partial charge in [-0.3, -0.25) is 14.3 Å². The zero-order valence-electron chi connectivity index (χ0n) is 16.7. The van der Waals surface area contributed by atoms with E-state index in [9.17, 15) is 18.0 Å². The summed E-state index contributed by atoms with van der Waals surface area (Å²) >= 11 is 1.09. The standard InChI is InChI=1S/C22H19N3O4S2/c1-14-8-9-15(12-20(14)31(28,29)24-16-6-4-3-5-7-16)21(26)23-17-10-11-18-19(13-17)30-22(27)25(18)2/h3-13,24H,1-2H3,(H,23,26). The first-order chi connectivity index (χ1) is 14.7. The lowest BCUT2D eigenvalue weighted by Crippen LogP contribution is -2.17. The van der Waals surface area contributed by atoms with Crippen LogP contribution in [0.2, 0.25) is 0 Å². The summed E-state index contributed by atoms with van der Waals surface area (Å²) in [6, 6.07) is 18.3. The highest BCUT2D eigenvalue weighted by Crippen LogP contribution is 2.24. The summed E-state index contributed by atoms with van der Waals surface area (Å²) in [6.07, 6.45) is 0. The summed E-state index contributed by atoms with van der Waals surface area (Å²) in [5.74, 6) is -0.446. The number of aryl methyl sites for hydroxylation is 2. The van der Waals surface area contributed by atoms with Gasteiger partial charge in [0.2, 0.25) is 0 Å². The van der Waals surface area contributed by atoms with Crippen molar-refractivity contribution in [2.75, 3.05) is 10.0 Å². The summed E-state index contributed by atoms with van der Waals surface area (Å²) in [6.45, 7) is 1.67. The fraction of sp³-hybridized carbons (Fsp3) is 0.0909. The Balaban J connectivity index is 1.61. The summed E-state index contributed by atoms with van der Waals surface area (Å²) in [4.78, 5) is 24.5. The predicted molar refractivity (Wildman–Crippen MR) is 123 cm³/mol. The fourth-order valence-corrected chi connectivity index (χ4v) is 5.41. The first kappa shape index (κ1) is 20.8. The molecule has 0 spiro atoms. The number of amides is 1. The van der Waals surface area contributed by atoms with Gasteiger partial charge < -0.3 is 9.88 Å². The number of thiazole rings is 1. The lowest BCUT2D eigenvalue weighted by Gasteiger charge is -2.12. The van der Waals surface area contributed by atoms with Gasteiger partial charge in [0.1, 0.15) is 0 Å². The van der Waals surface area contributed by atoms with Crippen LogP contribution in [0.1, 0.15) is 15.9 Å². The van der Waals surface area contributed by atoms with Gasteiger partial charge in [0.15, 0.2) is 0 Å². The number of para-hydroxylation sites is 1. The molecule has 0 fully saturated rings. The van der Waals surface area contributed by atoms with Crippen molar-refractivity contribution in [3.8, 4) is 0 Å². The monoisotopic (exact) mass is 453 g/mol. The van der Waals surface area contributed by atoms with Crippen molar-refractivity contribution in [1.29, 1.82) is 0 Å². The Morgan fingerprint density at radius 2 is 1.71 bits per heavy atom. The van der Waals surface area contributed by atoms with Gasteiger partial charge >= 0.3 is 4.87 Å². The second-order valence-electron chi connectivity index (χ2n) is 7.02. The third-order valence-corrected chi connectivity index (χ3v) is 7.33. The van der Waals surface area contributed by atoms with Crippen LogP contribution in [-0.4, -0.2) is 18.9 Å². The number of nitrogens with zero attached hydrogens (tertiary/aromatic N) is 1. The predicted octanol–water partition coefficient (Wildman–Crippen LogP) is 3.96. The number of aromatic nitrogens is 1. The van der Waals surface area contributed by atoms with E-state index in [-0.39, 0.29) is 15.3 Å². The number of nitrogens with one attached hydrogen (secondary N) is 2. The number of carbonyl (C=O) groups excluding carboxylic acids is 1. The summed E-state index contributed by atoms with van der Waals surface area (Å²) in [5, 5.41) is 2.77. The molecule has 4 aromatic rings. The molecule has 1 heterocycles. The highest BCUT2D eigenvalue weighted by molar-refractivity contribution is 7.92. The Morgan fingerprint density at radius 3 is 2.45 bits per heavy atom. The van der Waals surface area contributed by atoms with E-state index in [1.165, 1.54) is 6.07 Å². The molecular weight excluding hydrogens is 434 g/mol. The van der Waals surface area contributed by atoms with Crippen molar-refractivity contribution in [2.45, 2.75) is 11.8 Å². The molecule has 0 unspecified atom stereocenters. The molecule has 0 atom stereocenters. The van der Waals surface area contributed by atoms with Gasteiger partial charge in [-0.2, -0.15) is 0 Å². The Bertz CT molecular complexity index is 1460. The molecule has 2 N–H and O–H groups in total. The maximum Gasteiger partial charge on any atom is 0.307 e. The van der Waals surface area contributed by atoms with E-state index < -0.39 is 15.9 Å². The van der Waals surface area contributed by atoms with Crippen molar-refractivity contribution in [2.24, 2.45) is 7.05 Å². The van der Waals surface area contributed by atoms with Gasteiger partial charge in [-0.25, -0.2) is 8.42 Å². The lowest BCUT2D eigenvalue weighted by atomic mass is 10.1. The molecule has 1 amide bonds. The van der Waals surface area contributed by atoms with E-state index in [1.807, 2.05) is 0 Å². The van der Waals surface area contributed by atoms with Crippen LogP contribution < -0.4 is 14.9 Å². The molecule has 0 aliphatic heterocycles. The normalized spacial score (nSPS) is 11.4. The number of rotatable bonds is 5. The van der Waals surface area contributed by atoms with Crippen molar-refractivity contribution in [3.63, 3.8) is 0 Å². The Kier molecular flexibility index (Phi) is 5.38. The van der Waals surface area contributed by atoms with Gasteiger partial charge in [-0.1, -0.05) is 35.6 Å². The summed E-state index contributed by atoms with van der Waals surface area (Å²) < 4.78 is 30.6. The van der Waals surface area contributed by atoms with Crippen molar-refractivity contribution in [3.05, 3.63) is 87.5 Å². The minimum absolute atomic E-state index is 0.0285. The van der Waals surface area contributed by atoms with Gasteiger partial charge in [0.05, 0.1) is 15.1 Å². The molecule has 0 saturated heterocycles. The second kappa shape index (κ2) is 8.01. The first-order valence-corrected chi connectivity index (χ1v) is 11.6. The van der Waals surface area contributed by atoms with Crippen LogP contribution in [0.25, 0.3) is 10.2 Å². The number of fused-ring (bicyclic) bond motifs is 1. The number of carbonyl (C=O) groups is 1. The van der Waals surface area contributed by atoms with Crippen LogP contribution in [-0.2, 0) is 17.1 Å².